The van der Waals surface area contributed by atoms with Gasteiger partial charge in [0.05, 0.1) is 6.61 Å². The van der Waals surface area contributed by atoms with E-state index in [2.05, 4.69) is 10.1 Å². The Kier molecular flexibility index (Phi) is 5.66. The average molecular weight is 398 g/mol. The molecule has 0 atom stereocenters. The maximum Gasteiger partial charge on any atom is 0.422 e. The number of hydrogen-bond acceptors (Lipinski definition) is 5. The zero-order valence-electron chi connectivity index (χ0n) is 15.7. The van der Waals surface area contributed by atoms with Crippen LogP contribution in [-0.4, -0.2) is 49.1 Å². The van der Waals surface area contributed by atoms with Gasteiger partial charge in [-0.15, -0.1) is 0 Å². The molecule has 0 amide bonds. The molecule has 2 fully saturated rings. The molecule has 1 saturated heterocycles. The highest BCUT2D eigenvalue weighted by molar-refractivity contribution is 5.88. The lowest BCUT2D eigenvalue weighted by Gasteiger charge is -2.36. The standard InChI is InChI=1S/C20H25F3N2O3/c21-20(22,23)13-27-16-5-2-6-17-18(16)19(24-28-17)26-12-15-7-9-25(10-8-15)11-14-3-1-4-14/h2,5-6,14-15H,1,3-4,7-13H2. The van der Waals surface area contributed by atoms with Crippen LogP contribution in [0, 0.1) is 11.8 Å². The van der Waals surface area contributed by atoms with Gasteiger partial charge >= 0.3 is 6.18 Å². The third-order valence-corrected chi connectivity index (χ3v) is 5.72. The summed E-state index contributed by atoms with van der Waals surface area (Å²) in [5.41, 5.74) is 0.352. The molecule has 0 unspecified atom stereocenters. The van der Waals surface area contributed by atoms with Crippen molar-refractivity contribution in [3.05, 3.63) is 18.2 Å². The number of nitrogens with zero attached hydrogens (tertiary/aromatic N) is 2. The van der Waals surface area contributed by atoms with Crippen LogP contribution in [0.2, 0.25) is 0 Å². The monoisotopic (exact) mass is 398 g/mol. The summed E-state index contributed by atoms with van der Waals surface area (Å²) in [5.74, 6) is 1.56. The first-order chi connectivity index (χ1) is 13.5. The molecule has 1 aromatic carbocycles. The fourth-order valence-electron chi connectivity index (χ4n) is 3.89. The van der Waals surface area contributed by atoms with Gasteiger partial charge in [-0.25, -0.2) is 0 Å². The van der Waals surface area contributed by atoms with Crippen molar-refractivity contribution in [1.82, 2.24) is 10.1 Å². The molecule has 1 aliphatic carbocycles. The largest absolute Gasteiger partial charge is 0.483 e. The van der Waals surface area contributed by atoms with Gasteiger partial charge in [0.2, 0.25) is 0 Å². The zero-order valence-corrected chi connectivity index (χ0v) is 15.7. The number of likely N-dealkylation sites (tertiary alicyclic amines) is 1. The van der Waals surface area contributed by atoms with E-state index in [1.54, 1.807) is 12.1 Å². The molecule has 0 N–H and O–H groups in total. The Hall–Kier alpha value is -1.96. The lowest BCUT2D eigenvalue weighted by Crippen LogP contribution is -2.39. The Morgan fingerprint density at radius 1 is 1.07 bits per heavy atom. The molecule has 2 aliphatic rings. The fourth-order valence-corrected chi connectivity index (χ4v) is 3.89. The molecule has 1 aliphatic heterocycles. The summed E-state index contributed by atoms with van der Waals surface area (Å²) >= 11 is 0. The second-order valence-electron chi connectivity index (χ2n) is 7.87. The van der Waals surface area contributed by atoms with Crippen molar-refractivity contribution >= 4 is 11.0 Å². The Bertz CT molecular complexity index is 781. The molecule has 0 radical (unpaired) electrons. The number of alkyl halides is 3. The van der Waals surface area contributed by atoms with Crippen LogP contribution in [0.4, 0.5) is 13.2 Å². The van der Waals surface area contributed by atoms with Crippen LogP contribution < -0.4 is 9.47 Å². The Morgan fingerprint density at radius 2 is 1.86 bits per heavy atom. The molecule has 154 valence electrons. The highest BCUT2D eigenvalue weighted by Gasteiger charge is 2.30. The summed E-state index contributed by atoms with van der Waals surface area (Å²) in [6.07, 6.45) is 1.80. The molecule has 2 aromatic rings. The molecular weight excluding hydrogens is 373 g/mol. The minimum atomic E-state index is -4.41. The van der Waals surface area contributed by atoms with Crippen LogP contribution in [-0.2, 0) is 0 Å². The normalized spacial score (nSPS) is 19.7. The maximum atomic E-state index is 12.5. The molecule has 4 rings (SSSR count). The lowest BCUT2D eigenvalue weighted by molar-refractivity contribution is -0.153. The summed E-state index contributed by atoms with van der Waals surface area (Å²) in [6.45, 7) is 2.47. The number of halogens is 3. The van der Waals surface area contributed by atoms with Crippen LogP contribution in [0.25, 0.3) is 11.0 Å². The Balaban J connectivity index is 1.33. The van der Waals surface area contributed by atoms with Crippen molar-refractivity contribution in [1.29, 1.82) is 0 Å². The van der Waals surface area contributed by atoms with Gasteiger partial charge in [-0.05, 0) is 67.9 Å². The van der Waals surface area contributed by atoms with E-state index in [0.717, 1.165) is 31.8 Å². The van der Waals surface area contributed by atoms with E-state index in [1.165, 1.54) is 31.9 Å². The number of piperidine rings is 1. The van der Waals surface area contributed by atoms with Crippen molar-refractivity contribution in [2.75, 3.05) is 32.8 Å². The van der Waals surface area contributed by atoms with Crippen molar-refractivity contribution in [2.24, 2.45) is 11.8 Å². The van der Waals surface area contributed by atoms with Gasteiger partial charge in [-0.2, -0.15) is 13.2 Å². The van der Waals surface area contributed by atoms with Gasteiger partial charge in [0.15, 0.2) is 12.2 Å². The molecule has 0 spiro atoms. The van der Waals surface area contributed by atoms with E-state index in [4.69, 9.17) is 14.0 Å². The van der Waals surface area contributed by atoms with Gasteiger partial charge in [0.25, 0.3) is 5.88 Å². The summed E-state index contributed by atoms with van der Waals surface area (Å²) in [4.78, 5) is 2.54. The summed E-state index contributed by atoms with van der Waals surface area (Å²) in [5, 5.41) is 4.24. The first-order valence-corrected chi connectivity index (χ1v) is 9.91. The third-order valence-electron chi connectivity index (χ3n) is 5.72. The summed E-state index contributed by atoms with van der Waals surface area (Å²) in [7, 11) is 0. The fraction of sp³-hybridized carbons (Fsp3) is 0.650. The smallest absolute Gasteiger partial charge is 0.422 e. The van der Waals surface area contributed by atoms with Gasteiger partial charge in [-0.3, -0.25) is 0 Å². The van der Waals surface area contributed by atoms with E-state index in [0.29, 0.717) is 23.5 Å². The molecular formula is C20H25F3N2O3. The Morgan fingerprint density at radius 3 is 2.54 bits per heavy atom. The number of benzene rings is 1. The molecule has 2 heterocycles. The van der Waals surface area contributed by atoms with Crippen LogP contribution in [0.3, 0.4) is 0 Å². The SMILES string of the molecule is FC(F)(F)COc1cccc2onc(OCC3CCN(CC4CCC4)CC3)c12. The van der Waals surface area contributed by atoms with Gasteiger partial charge < -0.3 is 18.9 Å². The van der Waals surface area contributed by atoms with Crippen molar-refractivity contribution in [3.63, 3.8) is 0 Å². The van der Waals surface area contributed by atoms with E-state index in [1.807, 2.05) is 0 Å². The van der Waals surface area contributed by atoms with Crippen molar-refractivity contribution in [3.8, 4) is 11.6 Å². The molecule has 1 aromatic heterocycles. The number of fused-ring (bicyclic) bond motifs is 1. The van der Waals surface area contributed by atoms with E-state index < -0.39 is 12.8 Å². The molecule has 0 bridgehead atoms. The lowest BCUT2D eigenvalue weighted by atomic mass is 9.84. The minimum absolute atomic E-state index is 0.0707. The van der Waals surface area contributed by atoms with E-state index in [9.17, 15) is 13.2 Å². The second kappa shape index (κ2) is 8.19. The van der Waals surface area contributed by atoms with Crippen LogP contribution in [0.15, 0.2) is 22.7 Å². The quantitative estimate of drug-likeness (QED) is 0.679. The summed E-state index contributed by atoms with van der Waals surface area (Å²) < 4.78 is 53.5. The van der Waals surface area contributed by atoms with Crippen molar-refractivity contribution in [2.45, 2.75) is 38.3 Å². The minimum Gasteiger partial charge on any atom is -0.483 e. The van der Waals surface area contributed by atoms with Crippen LogP contribution in [0.5, 0.6) is 11.6 Å². The molecule has 5 nitrogen and oxygen atoms in total. The highest BCUT2D eigenvalue weighted by atomic mass is 19.4. The first kappa shape index (κ1) is 19.4. The van der Waals surface area contributed by atoms with Gasteiger partial charge in [-0.1, -0.05) is 12.5 Å². The van der Waals surface area contributed by atoms with Gasteiger partial charge in [0, 0.05) is 6.54 Å². The predicted molar refractivity (Wildman–Crippen MR) is 97.6 cm³/mol. The molecule has 1 saturated carbocycles. The van der Waals surface area contributed by atoms with Crippen LogP contribution in [0.1, 0.15) is 32.1 Å². The number of aromatic nitrogens is 1. The molecule has 8 heteroatoms. The number of rotatable bonds is 7. The second-order valence-corrected chi connectivity index (χ2v) is 7.87. The van der Waals surface area contributed by atoms with Crippen LogP contribution >= 0.6 is 0 Å². The topological polar surface area (TPSA) is 47.7 Å². The highest BCUT2D eigenvalue weighted by Crippen LogP contribution is 2.35. The summed E-state index contributed by atoms with van der Waals surface area (Å²) in [6, 6.07) is 4.67. The average Bonchev–Trinajstić information content (AvgIpc) is 3.05. The number of hydrogen-bond donors (Lipinski definition) is 0. The maximum absolute atomic E-state index is 12.5. The predicted octanol–water partition coefficient (Wildman–Crippen LogP) is 4.66. The van der Waals surface area contributed by atoms with E-state index >= 15 is 0 Å². The third kappa shape index (κ3) is 4.71. The van der Waals surface area contributed by atoms with Crippen molar-refractivity contribution < 1.29 is 27.2 Å². The van der Waals surface area contributed by atoms with Gasteiger partial charge in [0.1, 0.15) is 11.1 Å². The molecule has 28 heavy (non-hydrogen) atoms. The number of ether oxygens (including phenoxy) is 2. The zero-order chi connectivity index (χ0) is 19.6. The first-order valence-electron chi connectivity index (χ1n) is 9.91. The Labute approximate surface area is 161 Å². The van der Waals surface area contributed by atoms with E-state index in [-0.39, 0.29) is 11.6 Å².